The van der Waals surface area contributed by atoms with Crippen molar-refractivity contribution >= 4 is 23.2 Å². The van der Waals surface area contributed by atoms with E-state index < -0.39 is 12.0 Å². The van der Waals surface area contributed by atoms with Gasteiger partial charge in [-0.05, 0) is 42.2 Å². The summed E-state index contributed by atoms with van der Waals surface area (Å²) < 4.78 is 15.4. The minimum Gasteiger partial charge on any atom is -0.493 e. The van der Waals surface area contributed by atoms with Gasteiger partial charge in [-0.3, -0.25) is 9.59 Å². The molecule has 0 aliphatic rings. The molecule has 0 saturated carbocycles. The summed E-state index contributed by atoms with van der Waals surface area (Å²) in [5.74, 6) is 0.506. The van der Waals surface area contributed by atoms with Crippen molar-refractivity contribution in [2.24, 2.45) is 0 Å². The topological polar surface area (TPSA) is 73.9 Å². The van der Waals surface area contributed by atoms with Crippen molar-refractivity contribution in [3.8, 4) is 11.5 Å². The van der Waals surface area contributed by atoms with Gasteiger partial charge >= 0.3 is 5.97 Å². The molecule has 1 aromatic heterocycles. The van der Waals surface area contributed by atoms with Crippen LogP contribution in [0.1, 0.15) is 58.4 Å². The number of esters is 1. The first-order valence-corrected chi connectivity index (χ1v) is 10.5. The van der Waals surface area contributed by atoms with Gasteiger partial charge in [0.2, 0.25) is 0 Å². The van der Waals surface area contributed by atoms with Crippen LogP contribution in [0.4, 0.5) is 0 Å². The van der Waals surface area contributed by atoms with E-state index in [9.17, 15) is 9.59 Å². The Bertz CT molecular complexity index is 846. The molecule has 7 heteroatoms. The zero-order valence-corrected chi connectivity index (χ0v) is 18.5. The molecule has 1 atom stereocenters. The Hall–Kier alpha value is -2.54. The number of carbonyl (C=O) groups is 2. The number of methoxy groups -OCH3 is 3. The van der Waals surface area contributed by atoms with Crippen LogP contribution < -0.4 is 14.8 Å². The minimum atomic E-state index is -0.545. The molecule has 0 bridgehead atoms. The van der Waals surface area contributed by atoms with Crippen LogP contribution in [-0.4, -0.2) is 33.2 Å². The third kappa shape index (κ3) is 5.73. The molecule has 1 unspecified atom stereocenters. The van der Waals surface area contributed by atoms with Crippen molar-refractivity contribution in [1.82, 2.24) is 5.32 Å². The van der Waals surface area contributed by atoms with Crippen LogP contribution in [0, 0.1) is 0 Å². The maximum atomic E-state index is 13.0. The number of ether oxygens (including phenoxy) is 3. The molecule has 29 heavy (non-hydrogen) atoms. The highest BCUT2D eigenvalue weighted by atomic mass is 32.1. The minimum absolute atomic E-state index is 0.0194. The van der Waals surface area contributed by atoms with Crippen LogP contribution in [0.25, 0.3) is 0 Å². The first-order valence-electron chi connectivity index (χ1n) is 9.68. The third-order valence-corrected chi connectivity index (χ3v) is 5.93. The lowest BCUT2D eigenvalue weighted by Gasteiger charge is -2.19. The van der Waals surface area contributed by atoms with Crippen LogP contribution in [0.3, 0.4) is 0 Å². The van der Waals surface area contributed by atoms with Crippen molar-refractivity contribution < 1.29 is 23.8 Å². The standard InChI is InChI=1S/C22H29NO5S/c1-6-8-19-14(7-2)12-20(29-19)22(25)23-16(13-21(24)28-5)15-9-10-17(26-3)18(11-15)27-4/h9-12,16H,6-8,13H2,1-5H3,(H,23,25). The van der Waals surface area contributed by atoms with Gasteiger partial charge < -0.3 is 19.5 Å². The summed E-state index contributed by atoms with van der Waals surface area (Å²) in [6.45, 7) is 4.22. The highest BCUT2D eigenvalue weighted by molar-refractivity contribution is 7.14. The molecule has 0 aliphatic heterocycles. The number of hydrogen-bond acceptors (Lipinski definition) is 6. The first kappa shape index (κ1) is 22.7. The predicted molar refractivity (Wildman–Crippen MR) is 114 cm³/mol. The Kier molecular flexibility index (Phi) is 8.51. The fourth-order valence-corrected chi connectivity index (χ4v) is 4.38. The Morgan fingerprint density at radius 2 is 1.79 bits per heavy atom. The van der Waals surface area contributed by atoms with Gasteiger partial charge in [0.05, 0.1) is 38.7 Å². The molecule has 1 heterocycles. The Morgan fingerprint density at radius 1 is 1.07 bits per heavy atom. The van der Waals surface area contributed by atoms with Crippen LogP contribution in [-0.2, 0) is 22.4 Å². The lowest BCUT2D eigenvalue weighted by molar-refractivity contribution is -0.141. The molecule has 0 saturated heterocycles. The number of benzene rings is 1. The van der Waals surface area contributed by atoms with E-state index in [0.717, 1.165) is 24.8 Å². The van der Waals surface area contributed by atoms with Gasteiger partial charge in [0, 0.05) is 4.88 Å². The summed E-state index contributed by atoms with van der Waals surface area (Å²) in [7, 11) is 4.43. The van der Waals surface area contributed by atoms with E-state index in [1.165, 1.54) is 28.9 Å². The van der Waals surface area contributed by atoms with E-state index in [0.29, 0.717) is 16.4 Å². The molecule has 0 fully saturated rings. The number of thiophene rings is 1. The molecule has 2 aromatic rings. The fourth-order valence-electron chi connectivity index (χ4n) is 3.12. The maximum absolute atomic E-state index is 13.0. The quantitative estimate of drug-likeness (QED) is 0.581. The summed E-state index contributed by atoms with van der Waals surface area (Å²) in [4.78, 5) is 26.8. The molecule has 1 amide bonds. The molecule has 6 nitrogen and oxygen atoms in total. The molecule has 158 valence electrons. The summed E-state index contributed by atoms with van der Waals surface area (Å²) in [6, 6.07) is 6.74. The largest absolute Gasteiger partial charge is 0.493 e. The second kappa shape index (κ2) is 10.9. The van der Waals surface area contributed by atoms with E-state index >= 15 is 0 Å². The van der Waals surface area contributed by atoms with E-state index in [2.05, 4.69) is 19.2 Å². The lowest BCUT2D eigenvalue weighted by atomic mass is 10.0. The Balaban J connectivity index is 2.31. The molecular weight excluding hydrogens is 390 g/mol. The summed E-state index contributed by atoms with van der Waals surface area (Å²) in [6.07, 6.45) is 2.90. The van der Waals surface area contributed by atoms with E-state index in [1.807, 2.05) is 12.1 Å². The summed E-state index contributed by atoms with van der Waals surface area (Å²) in [5, 5.41) is 2.98. The second-order valence-corrected chi connectivity index (χ2v) is 7.72. The number of carbonyl (C=O) groups excluding carboxylic acids is 2. The van der Waals surface area contributed by atoms with Gasteiger partial charge in [-0.2, -0.15) is 0 Å². The first-order chi connectivity index (χ1) is 14.0. The van der Waals surface area contributed by atoms with Gasteiger partial charge in [0.25, 0.3) is 5.91 Å². The van der Waals surface area contributed by atoms with Gasteiger partial charge in [0.1, 0.15) is 0 Å². The average molecular weight is 420 g/mol. The van der Waals surface area contributed by atoms with Crippen molar-refractivity contribution in [1.29, 1.82) is 0 Å². The highest BCUT2D eigenvalue weighted by Crippen LogP contribution is 2.32. The third-order valence-electron chi connectivity index (χ3n) is 4.69. The monoisotopic (exact) mass is 419 g/mol. The van der Waals surface area contributed by atoms with E-state index in [-0.39, 0.29) is 12.3 Å². The van der Waals surface area contributed by atoms with E-state index in [1.54, 1.807) is 26.4 Å². The fraction of sp³-hybridized carbons (Fsp3) is 0.455. The smallest absolute Gasteiger partial charge is 0.307 e. The molecular formula is C22H29NO5S. The number of amides is 1. The van der Waals surface area contributed by atoms with Crippen LogP contribution >= 0.6 is 11.3 Å². The molecule has 0 spiro atoms. The Labute approximate surface area is 176 Å². The van der Waals surface area contributed by atoms with Crippen molar-refractivity contribution in [2.75, 3.05) is 21.3 Å². The van der Waals surface area contributed by atoms with Gasteiger partial charge in [-0.15, -0.1) is 11.3 Å². The van der Waals surface area contributed by atoms with Crippen LogP contribution in [0.5, 0.6) is 11.5 Å². The number of rotatable bonds is 10. The summed E-state index contributed by atoms with van der Waals surface area (Å²) in [5.41, 5.74) is 1.94. The van der Waals surface area contributed by atoms with Crippen LogP contribution in [0.2, 0.25) is 0 Å². The van der Waals surface area contributed by atoms with Gasteiger partial charge in [-0.25, -0.2) is 0 Å². The number of aryl methyl sites for hydroxylation is 2. The van der Waals surface area contributed by atoms with E-state index in [4.69, 9.17) is 14.2 Å². The lowest BCUT2D eigenvalue weighted by Crippen LogP contribution is -2.30. The molecule has 2 rings (SSSR count). The highest BCUT2D eigenvalue weighted by Gasteiger charge is 2.23. The maximum Gasteiger partial charge on any atom is 0.307 e. The Morgan fingerprint density at radius 3 is 2.38 bits per heavy atom. The number of nitrogens with one attached hydrogen (secondary N) is 1. The molecule has 0 radical (unpaired) electrons. The second-order valence-electron chi connectivity index (χ2n) is 6.58. The van der Waals surface area contributed by atoms with Crippen LogP contribution in [0.15, 0.2) is 24.3 Å². The van der Waals surface area contributed by atoms with Crippen molar-refractivity contribution in [2.45, 2.75) is 45.6 Å². The van der Waals surface area contributed by atoms with Crippen molar-refractivity contribution in [3.05, 3.63) is 45.1 Å². The normalized spacial score (nSPS) is 11.6. The zero-order valence-electron chi connectivity index (χ0n) is 17.7. The average Bonchev–Trinajstić information content (AvgIpc) is 3.15. The SMILES string of the molecule is CCCc1sc(C(=O)NC(CC(=O)OC)c2ccc(OC)c(OC)c2)cc1CC. The van der Waals surface area contributed by atoms with Crippen molar-refractivity contribution in [3.63, 3.8) is 0 Å². The molecule has 1 aromatic carbocycles. The van der Waals surface area contributed by atoms with Gasteiger partial charge in [-0.1, -0.05) is 26.3 Å². The molecule has 0 aliphatic carbocycles. The zero-order chi connectivity index (χ0) is 21.4. The molecule has 1 N–H and O–H groups in total. The predicted octanol–water partition coefficient (Wildman–Crippen LogP) is 4.31. The number of hydrogen-bond donors (Lipinski definition) is 1. The summed E-state index contributed by atoms with van der Waals surface area (Å²) >= 11 is 1.52. The van der Waals surface area contributed by atoms with Gasteiger partial charge in [0.15, 0.2) is 11.5 Å².